The van der Waals surface area contributed by atoms with Crippen molar-refractivity contribution in [2.75, 3.05) is 7.11 Å². The third-order valence-electron chi connectivity index (χ3n) is 5.29. The van der Waals surface area contributed by atoms with Crippen LogP contribution in [-0.2, 0) is 19.6 Å². The van der Waals surface area contributed by atoms with E-state index in [1.54, 1.807) is 7.11 Å². The maximum atomic E-state index is 13.3. The van der Waals surface area contributed by atoms with E-state index in [0.29, 0.717) is 18.7 Å². The molecule has 156 valence electrons. The van der Waals surface area contributed by atoms with Crippen LogP contribution in [0.15, 0.2) is 103 Å². The summed E-state index contributed by atoms with van der Waals surface area (Å²) in [6, 6.07) is 31.8. The predicted octanol–water partition coefficient (Wildman–Crippen LogP) is 5.39. The fourth-order valence-electron chi connectivity index (χ4n) is 3.68. The van der Waals surface area contributed by atoms with Gasteiger partial charge in [-0.05, 0) is 47.5 Å². The zero-order chi connectivity index (χ0) is 21.5. The summed E-state index contributed by atoms with van der Waals surface area (Å²) < 4.78 is 7.54. The van der Waals surface area contributed by atoms with Gasteiger partial charge in [0.25, 0.3) is 5.91 Å². The lowest BCUT2D eigenvalue weighted by Crippen LogP contribution is -2.31. The second-order valence-corrected chi connectivity index (χ2v) is 7.49. The SMILES string of the molecule is COc1cccc(Cn2cccc2CN(Cc2ccccc2)C(=O)c2ccccc2)c1. The van der Waals surface area contributed by atoms with Crippen LogP contribution in [0, 0.1) is 0 Å². The lowest BCUT2D eigenvalue weighted by atomic mass is 10.1. The van der Waals surface area contributed by atoms with Crippen molar-refractivity contribution in [3.05, 3.63) is 126 Å². The van der Waals surface area contributed by atoms with Crippen LogP contribution >= 0.6 is 0 Å². The third-order valence-corrected chi connectivity index (χ3v) is 5.29. The van der Waals surface area contributed by atoms with Gasteiger partial charge in [0.2, 0.25) is 0 Å². The Labute approximate surface area is 183 Å². The number of nitrogens with zero attached hydrogens (tertiary/aromatic N) is 2. The van der Waals surface area contributed by atoms with E-state index in [-0.39, 0.29) is 5.91 Å². The molecule has 0 aliphatic rings. The molecule has 0 saturated heterocycles. The van der Waals surface area contributed by atoms with Crippen molar-refractivity contribution in [3.63, 3.8) is 0 Å². The number of hydrogen-bond acceptors (Lipinski definition) is 2. The molecule has 0 atom stereocenters. The summed E-state index contributed by atoms with van der Waals surface area (Å²) in [6.45, 7) is 1.80. The number of carbonyl (C=O) groups is 1. The van der Waals surface area contributed by atoms with E-state index >= 15 is 0 Å². The molecule has 1 heterocycles. The van der Waals surface area contributed by atoms with E-state index in [4.69, 9.17) is 4.74 Å². The molecule has 31 heavy (non-hydrogen) atoms. The van der Waals surface area contributed by atoms with Gasteiger partial charge < -0.3 is 14.2 Å². The van der Waals surface area contributed by atoms with E-state index in [0.717, 1.165) is 29.1 Å². The summed E-state index contributed by atoms with van der Waals surface area (Å²) in [5.41, 5.74) is 4.05. The van der Waals surface area contributed by atoms with Crippen LogP contribution in [-0.4, -0.2) is 22.5 Å². The van der Waals surface area contributed by atoms with Gasteiger partial charge in [0.05, 0.1) is 13.7 Å². The zero-order valence-corrected chi connectivity index (χ0v) is 17.6. The zero-order valence-electron chi connectivity index (χ0n) is 17.6. The lowest BCUT2D eigenvalue weighted by Gasteiger charge is -2.24. The Hall–Kier alpha value is -3.79. The Kier molecular flexibility index (Phi) is 6.48. The summed E-state index contributed by atoms with van der Waals surface area (Å²) in [6.07, 6.45) is 2.06. The van der Waals surface area contributed by atoms with Crippen LogP contribution in [0.1, 0.15) is 27.2 Å². The second kappa shape index (κ2) is 9.81. The third kappa shape index (κ3) is 5.23. The molecule has 0 aliphatic carbocycles. The van der Waals surface area contributed by atoms with Gasteiger partial charge in [-0.2, -0.15) is 0 Å². The first-order valence-electron chi connectivity index (χ1n) is 10.4. The van der Waals surface area contributed by atoms with Crippen molar-refractivity contribution in [2.45, 2.75) is 19.6 Å². The van der Waals surface area contributed by atoms with Crippen LogP contribution in [0.2, 0.25) is 0 Å². The average molecular weight is 411 g/mol. The second-order valence-electron chi connectivity index (χ2n) is 7.49. The van der Waals surface area contributed by atoms with Gasteiger partial charge >= 0.3 is 0 Å². The van der Waals surface area contributed by atoms with Crippen LogP contribution < -0.4 is 4.74 Å². The largest absolute Gasteiger partial charge is 0.497 e. The van der Waals surface area contributed by atoms with Gasteiger partial charge in [0.15, 0.2) is 0 Å². The van der Waals surface area contributed by atoms with E-state index in [9.17, 15) is 4.79 Å². The first-order chi connectivity index (χ1) is 15.2. The fraction of sp³-hybridized carbons (Fsp3) is 0.148. The Balaban J connectivity index is 1.58. The number of rotatable bonds is 8. The molecule has 0 radical (unpaired) electrons. The van der Waals surface area contributed by atoms with Crippen molar-refractivity contribution >= 4 is 5.91 Å². The van der Waals surface area contributed by atoms with Gasteiger partial charge in [-0.3, -0.25) is 4.79 Å². The van der Waals surface area contributed by atoms with Crippen molar-refractivity contribution in [1.29, 1.82) is 0 Å². The summed E-state index contributed by atoms with van der Waals surface area (Å²) >= 11 is 0. The Bertz CT molecular complexity index is 1120. The maximum Gasteiger partial charge on any atom is 0.254 e. The maximum absolute atomic E-state index is 13.3. The first kappa shape index (κ1) is 20.5. The molecular weight excluding hydrogens is 384 g/mol. The number of carbonyl (C=O) groups excluding carboxylic acids is 1. The van der Waals surface area contributed by atoms with Crippen molar-refractivity contribution in [3.8, 4) is 5.75 Å². The smallest absolute Gasteiger partial charge is 0.254 e. The minimum Gasteiger partial charge on any atom is -0.497 e. The number of benzene rings is 3. The molecule has 0 N–H and O–H groups in total. The highest BCUT2D eigenvalue weighted by molar-refractivity contribution is 5.94. The van der Waals surface area contributed by atoms with E-state index in [2.05, 4.69) is 35.0 Å². The van der Waals surface area contributed by atoms with Gasteiger partial charge in [-0.15, -0.1) is 0 Å². The molecule has 0 fully saturated rings. The van der Waals surface area contributed by atoms with Gasteiger partial charge in [0, 0.05) is 30.5 Å². The fourth-order valence-corrected chi connectivity index (χ4v) is 3.68. The summed E-state index contributed by atoms with van der Waals surface area (Å²) in [5.74, 6) is 0.870. The molecule has 4 nitrogen and oxygen atoms in total. The molecule has 0 spiro atoms. The molecule has 0 aliphatic heterocycles. The van der Waals surface area contributed by atoms with Gasteiger partial charge in [0.1, 0.15) is 5.75 Å². The molecule has 4 heteroatoms. The van der Waals surface area contributed by atoms with Gasteiger partial charge in [-0.25, -0.2) is 0 Å². The molecule has 0 bridgehead atoms. The average Bonchev–Trinajstić information content (AvgIpc) is 3.26. The number of amides is 1. The highest BCUT2D eigenvalue weighted by atomic mass is 16.5. The summed E-state index contributed by atoms with van der Waals surface area (Å²) in [4.78, 5) is 15.2. The number of hydrogen-bond donors (Lipinski definition) is 0. The van der Waals surface area contributed by atoms with Crippen LogP contribution in [0.4, 0.5) is 0 Å². The molecule has 1 aromatic heterocycles. The Morgan fingerprint density at radius 2 is 1.52 bits per heavy atom. The molecule has 4 aromatic rings. The first-order valence-corrected chi connectivity index (χ1v) is 10.4. The monoisotopic (exact) mass is 410 g/mol. The quantitative estimate of drug-likeness (QED) is 0.390. The summed E-state index contributed by atoms with van der Waals surface area (Å²) in [7, 11) is 1.68. The van der Waals surface area contributed by atoms with Crippen molar-refractivity contribution in [1.82, 2.24) is 9.47 Å². The molecule has 0 saturated carbocycles. The van der Waals surface area contributed by atoms with Crippen molar-refractivity contribution < 1.29 is 9.53 Å². The topological polar surface area (TPSA) is 34.5 Å². The molecule has 3 aromatic carbocycles. The highest BCUT2D eigenvalue weighted by Gasteiger charge is 2.18. The minimum atomic E-state index is 0.0265. The highest BCUT2D eigenvalue weighted by Crippen LogP contribution is 2.18. The van der Waals surface area contributed by atoms with E-state index in [1.807, 2.05) is 77.7 Å². The normalized spacial score (nSPS) is 10.6. The van der Waals surface area contributed by atoms with Crippen molar-refractivity contribution in [2.24, 2.45) is 0 Å². The summed E-state index contributed by atoms with van der Waals surface area (Å²) in [5, 5.41) is 0. The number of aromatic nitrogens is 1. The predicted molar refractivity (Wildman–Crippen MR) is 123 cm³/mol. The molecule has 4 rings (SSSR count). The van der Waals surface area contributed by atoms with Gasteiger partial charge in [-0.1, -0.05) is 60.7 Å². The van der Waals surface area contributed by atoms with E-state index < -0.39 is 0 Å². The number of methoxy groups -OCH3 is 1. The molecule has 1 amide bonds. The number of ether oxygens (including phenoxy) is 1. The molecule has 0 unspecified atom stereocenters. The van der Waals surface area contributed by atoms with Crippen LogP contribution in [0.25, 0.3) is 0 Å². The Morgan fingerprint density at radius 3 is 2.26 bits per heavy atom. The molecular formula is C27H26N2O2. The minimum absolute atomic E-state index is 0.0265. The van der Waals surface area contributed by atoms with E-state index in [1.165, 1.54) is 0 Å². The lowest BCUT2D eigenvalue weighted by molar-refractivity contribution is 0.0726. The standard InChI is InChI=1S/C27H26N2O2/c1-31-26-16-8-12-23(18-26)20-28-17-9-15-25(28)21-29(19-22-10-4-2-5-11-22)27(30)24-13-6-3-7-14-24/h2-18H,19-21H2,1H3. The van der Waals surface area contributed by atoms with Crippen LogP contribution in [0.5, 0.6) is 5.75 Å². The Morgan fingerprint density at radius 1 is 0.806 bits per heavy atom. The van der Waals surface area contributed by atoms with Crippen LogP contribution in [0.3, 0.4) is 0 Å².